The van der Waals surface area contributed by atoms with Gasteiger partial charge in [-0.1, -0.05) is 13.8 Å². The van der Waals surface area contributed by atoms with Crippen LogP contribution in [0.3, 0.4) is 0 Å². The summed E-state index contributed by atoms with van der Waals surface area (Å²) < 4.78 is 7.60. The molecule has 4 rings (SSSR count). The second-order valence-corrected chi connectivity index (χ2v) is 7.30. The first-order chi connectivity index (χ1) is 12.0. The summed E-state index contributed by atoms with van der Waals surface area (Å²) >= 11 is 0. The standard InChI is InChI=1S/C16H24N6O3/c1-8-3-21(4-9(8)2)5-10-12(23)13(24)16(25-10)22-7-20-11-14(17)18-6-19-15(11)22/h6-10,12-13,16,23-24H,3-5H2,1-2H3,(H2,17,18,19)/t8?,9?,10?,12-,13-,16-/m1/s1. The van der Waals surface area contributed by atoms with E-state index in [0.717, 1.165) is 13.1 Å². The number of hydrogen-bond donors (Lipinski definition) is 3. The van der Waals surface area contributed by atoms with Gasteiger partial charge in [0.05, 0.1) is 6.33 Å². The number of imidazole rings is 1. The molecule has 0 aromatic carbocycles. The van der Waals surface area contributed by atoms with Crippen LogP contribution in [-0.4, -0.2) is 72.6 Å². The fraction of sp³-hybridized carbons (Fsp3) is 0.688. The van der Waals surface area contributed by atoms with Crippen molar-refractivity contribution in [2.45, 2.75) is 38.4 Å². The lowest BCUT2D eigenvalue weighted by Gasteiger charge is -2.22. The van der Waals surface area contributed by atoms with Gasteiger partial charge in [-0.2, -0.15) is 0 Å². The summed E-state index contributed by atoms with van der Waals surface area (Å²) in [7, 11) is 0. The molecule has 2 aliphatic rings. The molecule has 0 spiro atoms. The Morgan fingerprint density at radius 2 is 1.88 bits per heavy atom. The number of nitrogens with two attached hydrogens (primary N) is 1. The number of fused-ring (bicyclic) bond motifs is 1. The Labute approximate surface area is 145 Å². The highest BCUT2D eigenvalue weighted by Gasteiger charge is 2.45. The minimum absolute atomic E-state index is 0.272. The molecule has 9 nitrogen and oxygen atoms in total. The molecule has 9 heteroatoms. The molecule has 2 aromatic heterocycles. The van der Waals surface area contributed by atoms with Crippen LogP contribution in [0.15, 0.2) is 12.7 Å². The number of ether oxygens (including phenoxy) is 1. The Kier molecular flexibility index (Phi) is 4.11. The first-order valence-electron chi connectivity index (χ1n) is 8.62. The predicted octanol–water partition coefficient (Wildman–Crippen LogP) is -0.384. The normalized spacial score (nSPS) is 36.5. The van der Waals surface area contributed by atoms with E-state index >= 15 is 0 Å². The maximum absolute atomic E-state index is 10.5. The van der Waals surface area contributed by atoms with E-state index < -0.39 is 24.5 Å². The van der Waals surface area contributed by atoms with Gasteiger partial charge < -0.3 is 25.6 Å². The molecule has 4 heterocycles. The van der Waals surface area contributed by atoms with Crippen LogP contribution >= 0.6 is 0 Å². The van der Waals surface area contributed by atoms with Crippen LogP contribution in [0.5, 0.6) is 0 Å². The summed E-state index contributed by atoms with van der Waals surface area (Å²) in [6.45, 7) is 7.01. The van der Waals surface area contributed by atoms with E-state index in [1.54, 1.807) is 4.57 Å². The van der Waals surface area contributed by atoms with Crippen molar-refractivity contribution in [3.63, 3.8) is 0 Å². The summed E-state index contributed by atoms with van der Waals surface area (Å²) in [5.41, 5.74) is 6.74. The zero-order valence-electron chi connectivity index (χ0n) is 14.4. The molecule has 2 fully saturated rings. The average molecular weight is 348 g/mol. The largest absolute Gasteiger partial charge is 0.387 e. The Hall–Kier alpha value is -1.81. The lowest BCUT2D eigenvalue weighted by molar-refractivity contribution is -0.0427. The van der Waals surface area contributed by atoms with Gasteiger partial charge in [-0.25, -0.2) is 15.0 Å². The highest BCUT2D eigenvalue weighted by Crippen LogP contribution is 2.33. The molecule has 0 radical (unpaired) electrons. The van der Waals surface area contributed by atoms with Gasteiger partial charge in [0.15, 0.2) is 17.7 Å². The molecule has 25 heavy (non-hydrogen) atoms. The topological polar surface area (TPSA) is 123 Å². The van der Waals surface area contributed by atoms with Gasteiger partial charge in [0.25, 0.3) is 0 Å². The zero-order chi connectivity index (χ0) is 17.7. The number of rotatable bonds is 3. The van der Waals surface area contributed by atoms with Crippen LogP contribution in [0.2, 0.25) is 0 Å². The van der Waals surface area contributed by atoms with Crippen molar-refractivity contribution in [1.82, 2.24) is 24.4 Å². The van der Waals surface area contributed by atoms with Gasteiger partial charge in [-0.15, -0.1) is 0 Å². The molecule has 6 atom stereocenters. The average Bonchev–Trinajstić information content (AvgIpc) is 3.21. The minimum Gasteiger partial charge on any atom is -0.387 e. The summed E-state index contributed by atoms with van der Waals surface area (Å²) in [6.07, 6.45) is -0.383. The summed E-state index contributed by atoms with van der Waals surface area (Å²) in [5, 5.41) is 20.9. The van der Waals surface area contributed by atoms with Gasteiger partial charge in [0.2, 0.25) is 0 Å². The van der Waals surface area contributed by atoms with Crippen molar-refractivity contribution < 1.29 is 14.9 Å². The van der Waals surface area contributed by atoms with Crippen molar-refractivity contribution >= 4 is 17.0 Å². The van der Waals surface area contributed by atoms with E-state index in [2.05, 4.69) is 33.7 Å². The second kappa shape index (κ2) is 6.17. The van der Waals surface area contributed by atoms with Crippen LogP contribution in [0.25, 0.3) is 11.2 Å². The minimum atomic E-state index is -1.06. The lowest BCUT2D eigenvalue weighted by atomic mass is 10.0. The van der Waals surface area contributed by atoms with Gasteiger partial charge in [0, 0.05) is 19.6 Å². The van der Waals surface area contributed by atoms with E-state index in [1.807, 2.05) is 0 Å². The third-order valence-corrected chi connectivity index (χ3v) is 5.50. The number of aliphatic hydroxyl groups excluding tert-OH is 2. The summed E-state index contributed by atoms with van der Waals surface area (Å²) in [6, 6.07) is 0. The Morgan fingerprint density at radius 3 is 2.60 bits per heavy atom. The first-order valence-corrected chi connectivity index (χ1v) is 8.62. The van der Waals surface area contributed by atoms with Crippen LogP contribution in [-0.2, 0) is 4.74 Å². The SMILES string of the molecule is CC1CN(CC2O[C@@H](n3cnc4c(N)ncnc43)[C@H](O)[C@@H]2O)CC1C. The monoisotopic (exact) mass is 348 g/mol. The van der Waals surface area contributed by atoms with Gasteiger partial charge in [-0.05, 0) is 11.8 Å². The number of aromatic nitrogens is 4. The molecule has 2 saturated heterocycles. The fourth-order valence-corrected chi connectivity index (χ4v) is 3.82. The number of aliphatic hydroxyl groups is 2. The van der Waals surface area contributed by atoms with Gasteiger partial charge in [-0.3, -0.25) is 4.57 Å². The first kappa shape index (κ1) is 16.6. The third kappa shape index (κ3) is 2.77. The van der Waals surface area contributed by atoms with Crippen LogP contribution < -0.4 is 5.73 Å². The van der Waals surface area contributed by atoms with Crippen molar-refractivity contribution in [2.24, 2.45) is 11.8 Å². The van der Waals surface area contributed by atoms with E-state index in [-0.39, 0.29) is 5.82 Å². The van der Waals surface area contributed by atoms with E-state index in [4.69, 9.17) is 10.5 Å². The third-order valence-electron chi connectivity index (χ3n) is 5.50. The van der Waals surface area contributed by atoms with E-state index in [9.17, 15) is 10.2 Å². The van der Waals surface area contributed by atoms with Crippen molar-refractivity contribution in [2.75, 3.05) is 25.4 Å². The van der Waals surface area contributed by atoms with Crippen molar-refractivity contribution in [3.8, 4) is 0 Å². The number of hydrogen-bond acceptors (Lipinski definition) is 8. The number of likely N-dealkylation sites (tertiary alicyclic amines) is 1. The fourth-order valence-electron chi connectivity index (χ4n) is 3.82. The quantitative estimate of drug-likeness (QED) is 0.686. The van der Waals surface area contributed by atoms with E-state index in [1.165, 1.54) is 12.7 Å². The molecule has 2 aliphatic heterocycles. The molecule has 4 N–H and O–H groups in total. The Balaban J connectivity index is 1.54. The zero-order valence-corrected chi connectivity index (χ0v) is 14.4. The summed E-state index contributed by atoms with van der Waals surface area (Å²) in [4.78, 5) is 14.6. The Morgan fingerprint density at radius 1 is 1.16 bits per heavy atom. The number of nitrogens with zero attached hydrogens (tertiary/aromatic N) is 5. The Bertz CT molecular complexity index is 757. The van der Waals surface area contributed by atoms with Gasteiger partial charge >= 0.3 is 0 Å². The molecule has 0 saturated carbocycles. The summed E-state index contributed by atoms with van der Waals surface area (Å²) in [5.74, 6) is 1.52. The van der Waals surface area contributed by atoms with E-state index in [0.29, 0.717) is 29.5 Å². The molecule has 136 valence electrons. The maximum atomic E-state index is 10.5. The molecule has 0 amide bonds. The second-order valence-electron chi connectivity index (χ2n) is 7.30. The highest BCUT2D eigenvalue weighted by molar-refractivity contribution is 5.81. The maximum Gasteiger partial charge on any atom is 0.167 e. The van der Waals surface area contributed by atoms with Crippen molar-refractivity contribution in [3.05, 3.63) is 12.7 Å². The van der Waals surface area contributed by atoms with Crippen LogP contribution in [0.1, 0.15) is 20.1 Å². The lowest BCUT2D eigenvalue weighted by Crippen LogP contribution is -2.39. The smallest absolute Gasteiger partial charge is 0.167 e. The molecule has 2 aromatic rings. The molecule has 0 bridgehead atoms. The molecule has 3 unspecified atom stereocenters. The van der Waals surface area contributed by atoms with Crippen molar-refractivity contribution in [1.29, 1.82) is 0 Å². The molecular formula is C16H24N6O3. The molecular weight excluding hydrogens is 324 g/mol. The van der Waals surface area contributed by atoms with Crippen LogP contribution in [0.4, 0.5) is 5.82 Å². The predicted molar refractivity (Wildman–Crippen MR) is 90.4 cm³/mol. The highest BCUT2D eigenvalue weighted by atomic mass is 16.6. The number of anilines is 1. The number of nitrogen functional groups attached to an aromatic ring is 1. The van der Waals surface area contributed by atoms with Gasteiger partial charge in [0.1, 0.15) is 30.2 Å². The van der Waals surface area contributed by atoms with Crippen LogP contribution in [0, 0.1) is 11.8 Å². The molecule has 0 aliphatic carbocycles.